The van der Waals surface area contributed by atoms with E-state index in [1.54, 1.807) is 12.1 Å². The maximum atomic E-state index is 9.17. The third-order valence-electron chi connectivity index (χ3n) is 2.78. The third kappa shape index (κ3) is 3.79. The summed E-state index contributed by atoms with van der Waals surface area (Å²) >= 11 is 5.83. The van der Waals surface area contributed by atoms with E-state index >= 15 is 0 Å². The Morgan fingerprint density at radius 2 is 1.24 bits per heavy atom. The normalized spacial score (nSPS) is 10.4. The number of hydrogen-bond acceptors (Lipinski definition) is 1. The van der Waals surface area contributed by atoms with Crippen LogP contribution in [-0.2, 0) is 12.8 Å². The number of phenolic OH excluding ortho intramolecular Hbond substituents is 1. The highest BCUT2D eigenvalue weighted by Gasteiger charge is 1.96. The number of benzene rings is 2. The van der Waals surface area contributed by atoms with Crippen molar-refractivity contribution in [3.05, 3.63) is 64.7 Å². The highest BCUT2D eigenvalue weighted by Crippen LogP contribution is 2.14. The van der Waals surface area contributed by atoms with E-state index in [9.17, 15) is 5.11 Å². The summed E-state index contributed by atoms with van der Waals surface area (Å²) < 4.78 is 0. The van der Waals surface area contributed by atoms with Gasteiger partial charge in [0, 0.05) is 5.02 Å². The minimum Gasteiger partial charge on any atom is -0.508 e. The standard InChI is InChI=1S/C15H15ClO/c16-14-8-4-12(5-9-14)2-1-3-13-6-10-15(17)11-7-13/h4-11,17H,1-3H2. The van der Waals surface area contributed by atoms with Crippen molar-refractivity contribution in [2.24, 2.45) is 0 Å². The van der Waals surface area contributed by atoms with Crippen LogP contribution in [0.1, 0.15) is 17.5 Å². The van der Waals surface area contributed by atoms with Crippen LogP contribution < -0.4 is 0 Å². The molecule has 1 nitrogen and oxygen atoms in total. The fraction of sp³-hybridized carbons (Fsp3) is 0.200. The third-order valence-corrected chi connectivity index (χ3v) is 3.03. The van der Waals surface area contributed by atoms with Gasteiger partial charge in [0.05, 0.1) is 0 Å². The van der Waals surface area contributed by atoms with Gasteiger partial charge in [-0.3, -0.25) is 0 Å². The van der Waals surface area contributed by atoms with E-state index in [2.05, 4.69) is 12.1 Å². The van der Waals surface area contributed by atoms with Crippen LogP contribution in [0.4, 0.5) is 0 Å². The van der Waals surface area contributed by atoms with Crippen LogP contribution in [0.3, 0.4) is 0 Å². The average molecular weight is 247 g/mol. The van der Waals surface area contributed by atoms with Gasteiger partial charge in [0.2, 0.25) is 0 Å². The predicted octanol–water partition coefficient (Wildman–Crippen LogP) is 4.22. The zero-order chi connectivity index (χ0) is 12.1. The van der Waals surface area contributed by atoms with Gasteiger partial charge in [-0.25, -0.2) is 0 Å². The molecule has 0 spiro atoms. The Balaban J connectivity index is 1.83. The maximum Gasteiger partial charge on any atom is 0.115 e. The largest absolute Gasteiger partial charge is 0.508 e. The zero-order valence-corrected chi connectivity index (χ0v) is 10.3. The van der Waals surface area contributed by atoms with Gasteiger partial charge in [0.15, 0.2) is 0 Å². The first-order valence-corrected chi connectivity index (χ1v) is 6.14. The minimum absolute atomic E-state index is 0.325. The molecule has 0 fully saturated rings. The van der Waals surface area contributed by atoms with Gasteiger partial charge in [0.1, 0.15) is 5.75 Å². The summed E-state index contributed by atoms with van der Waals surface area (Å²) in [5.41, 5.74) is 2.57. The molecule has 2 aromatic carbocycles. The Morgan fingerprint density at radius 3 is 1.76 bits per heavy atom. The number of aromatic hydroxyl groups is 1. The molecule has 0 unspecified atom stereocenters. The highest BCUT2D eigenvalue weighted by atomic mass is 35.5. The van der Waals surface area contributed by atoms with Crippen molar-refractivity contribution >= 4 is 11.6 Å². The monoisotopic (exact) mass is 246 g/mol. The Bertz CT molecular complexity index is 414. The summed E-state index contributed by atoms with van der Waals surface area (Å²) in [5, 5.41) is 9.96. The first kappa shape index (κ1) is 12.0. The Kier molecular flexibility index (Phi) is 4.05. The molecule has 0 heterocycles. The minimum atomic E-state index is 0.325. The molecular weight excluding hydrogens is 232 g/mol. The first-order chi connectivity index (χ1) is 8.24. The summed E-state index contributed by atoms with van der Waals surface area (Å²) in [5.74, 6) is 0.325. The summed E-state index contributed by atoms with van der Waals surface area (Å²) in [6.07, 6.45) is 3.19. The lowest BCUT2D eigenvalue weighted by atomic mass is 10.0. The molecule has 0 aliphatic rings. The molecular formula is C15H15ClO. The maximum absolute atomic E-state index is 9.17. The molecule has 0 saturated heterocycles. The lowest BCUT2D eigenvalue weighted by Gasteiger charge is -2.03. The second-order valence-electron chi connectivity index (χ2n) is 4.15. The molecule has 0 bridgehead atoms. The van der Waals surface area contributed by atoms with Gasteiger partial charge < -0.3 is 5.11 Å². The second kappa shape index (κ2) is 5.74. The van der Waals surface area contributed by atoms with E-state index in [-0.39, 0.29) is 0 Å². The number of aryl methyl sites for hydroxylation is 2. The van der Waals surface area contributed by atoms with Crippen LogP contribution in [0.2, 0.25) is 5.02 Å². The van der Waals surface area contributed by atoms with Crippen LogP contribution in [0, 0.1) is 0 Å². The molecule has 0 atom stereocenters. The smallest absolute Gasteiger partial charge is 0.115 e. The molecule has 1 N–H and O–H groups in total. The number of rotatable bonds is 4. The average Bonchev–Trinajstić information content (AvgIpc) is 2.34. The van der Waals surface area contributed by atoms with Gasteiger partial charge in [-0.05, 0) is 54.7 Å². The topological polar surface area (TPSA) is 20.2 Å². The Hall–Kier alpha value is -1.47. The van der Waals surface area contributed by atoms with E-state index in [1.807, 2.05) is 24.3 Å². The van der Waals surface area contributed by atoms with Crippen molar-refractivity contribution in [3.8, 4) is 5.75 Å². The molecule has 2 heteroatoms. The van der Waals surface area contributed by atoms with E-state index in [0.717, 1.165) is 24.3 Å². The number of halogens is 1. The lowest BCUT2D eigenvalue weighted by molar-refractivity contribution is 0.475. The SMILES string of the molecule is Oc1ccc(CCCc2ccc(Cl)cc2)cc1. The van der Waals surface area contributed by atoms with Gasteiger partial charge >= 0.3 is 0 Å². The van der Waals surface area contributed by atoms with Crippen LogP contribution in [-0.4, -0.2) is 5.11 Å². The Morgan fingerprint density at radius 1 is 0.765 bits per heavy atom. The zero-order valence-electron chi connectivity index (χ0n) is 9.57. The van der Waals surface area contributed by atoms with Crippen molar-refractivity contribution in [2.75, 3.05) is 0 Å². The van der Waals surface area contributed by atoms with E-state index in [4.69, 9.17) is 11.6 Å². The van der Waals surface area contributed by atoms with Crippen LogP contribution >= 0.6 is 11.6 Å². The van der Waals surface area contributed by atoms with E-state index < -0.39 is 0 Å². The number of hydrogen-bond donors (Lipinski definition) is 1. The van der Waals surface area contributed by atoms with Crippen molar-refractivity contribution < 1.29 is 5.11 Å². The molecule has 2 rings (SSSR count). The second-order valence-corrected chi connectivity index (χ2v) is 4.58. The summed E-state index contributed by atoms with van der Waals surface area (Å²) in [6.45, 7) is 0. The van der Waals surface area contributed by atoms with Crippen molar-refractivity contribution in [2.45, 2.75) is 19.3 Å². The van der Waals surface area contributed by atoms with E-state index in [0.29, 0.717) is 5.75 Å². The molecule has 0 amide bonds. The fourth-order valence-corrected chi connectivity index (χ4v) is 1.94. The summed E-state index contributed by atoms with van der Waals surface area (Å²) in [4.78, 5) is 0. The van der Waals surface area contributed by atoms with E-state index in [1.165, 1.54) is 11.1 Å². The van der Waals surface area contributed by atoms with Crippen molar-refractivity contribution in [1.82, 2.24) is 0 Å². The molecule has 2 aromatic rings. The van der Waals surface area contributed by atoms with Crippen molar-refractivity contribution in [1.29, 1.82) is 0 Å². The predicted molar refractivity (Wildman–Crippen MR) is 71.6 cm³/mol. The molecule has 17 heavy (non-hydrogen) atoms. The molecule has 0 aliphatic heterocycles. The first-order valence-electron chi connectivity index (χ1n) is 5.76. The fourth-order valence-electron chi connectivity index (χ4n) is 1.81. The molecule has 0 saturated carbocycles. The van der Waals surface area contributed by atoms with Gasteiger partial charge in [-0.15, -0.1) is 0 Å². The quantitative estimate of drug-likeness (QED) is 0.856. The summed E-state index contributed by atoms with van der Waals surface area (Å²) in [6, 6.07) is 15.4. The van der Waals surface area contributed by atoms with Crippen LogP contribution in [0.15, 0.2) is 48.5 Å². The highest BCUT2D eigenvalue weighted by molar-refractivity contribution is 6.30. The Labute approximate surface area is 107 Å². The van der Waals surface area contributed by atoms with Crippen LogP contribution in [0.25, 0.3) is 0 Å². The van der Waals surface area contributed by atoms with Crippen LogP contribution in [0.5, 0.6) is 5.75 Å². The molecule has 88 valence electrons. The van der Waals surface area contributed by atoms with Gasteiger partial charge in [-0.2, -0.15) is 0 Å². The van der Waals surface area contributed by atoms with Crippen molar-refractivity contribution in [3.63, 3.8) is 0 Å². The molecule has 0 radical (unpaired) electrons. The summed E-state index contributed by atoms with van der Waals surface area (Å²) in [7, 11) is 0. The number of phenols is 1. The lowest BCUT2D eigenvalue weighted by Crippen LogP contribution is -1.89. The molecule has 0 aromatic heterocycles. The molecule has 0 aliphatic carbocycles. The van der Waals surface area contributed by atoms with Gasteiger partial charge in [0.25, 0.3) is 0 Å². The van der Waals surface area contributed by atoms with Gasteiger partial charge in [-0.1, -0.05) is 35.9 Å².